The SMILES string of the molecule is O=C(O)C(F)(F)C1=CCCc2c(Cl)cccc21. The third-order valence-corrected chi connectivity index (χ3v) is 3.11. The Kier molecular flexibility index (Phi) is 2.91. The minimum Gasteiger partial charge on any atom is -0.477 e. The van der Waals surface area contributed by atoms with Crippen molar-refractivity contribution in [1.29, 1.82) is 0 Å². The molecular formula is C12H9ClF2O2. The molecule has 0 fully saturated rings. The van der Waals surface area contributed by atoms with Crippen LogP contribution in [0.5, 0.6) is 0 Å². The van der Waals surface area contributed by atoms with Crippen LogP contribution in [0.1, 0.15) is 17.5 Å². The molecule has 0 spiro atoms. The minimum atomic E-state index is -3.88. The van der Waals surface area contributed by atoms with Gasteiger partial charge in [-0.3, -0.25) is 0 Å². The van der Waals surface area contributed by atoms with E-state index in [0.717, 1.165) is 0 Å². The standard InChI is InChI=1S/C12H9ClF2O2/c13-10-6-2-3-7-8(10)4-1-5-9(7)12(14,15)11(16)17/h2-3,5-6H,1,4H2,(H,16,17). The van der Waals surface area contributed by atoms with Gasteiger partial charge in [0.1, 0.15) is 0 Å². The summed E-state index contributed by atoms with van der Waals surface area (Å²) in [5.74, 6) is -6.02. The molecule has 0 radical (unpaired) electrons. The Bertz CT molecular complexity index is 509. The summed E-state index contributed by atoms with van der Waals surface area (Å²) >= 11 is 5.92. The summed E-state index contributed by atoms with van der Waals surface area (Å²) in [4.78, 5) is 10.6. The van der Waals surface area contributed by atoms with Crippen LogP contribution >= 0.6 is 11.6 Å². The summed E-state index contributed by atoms with van der Waals surface area (Å²) in [5.41, 5.74) is 0.359. The Labute approximate surface area is 102 Å². The van der Waals surface area contributed by atoms with Crippen molar-refractivity contribution < 1.29 is 18.7 Å². The summed E-state index contributed by atoms with van der Waals surface area (Å²) in [5, 5.41) is 8.96. The molecule has 0 amide bonds. The van der Waals surface area contributed by atoms with E-state index in [9.17, 15) is 13.6 Å². The number of halogens is 3. The number of rotatable bonds is 2. The fourth-order valence-electron chi connectivity index (χ4n) is 1.95. The van der Waals surface area contributed by atoms with Crippen molar-refractivity contribution in [3.63, 3.8) is 0 Å². The zero-order valence-electron chi connectivity index (χ0n) is 8.71. The van der Waals surface area contributed by atoms with Gasteiger partial charge in [-0.15, -0.1) is 0 Å². The van der Waals surface area contributed by atoms with Crippen molar-refractivity contribution in [2.45, 2.75) is 18.8 Å². The fourth-order valence-corrected chi connectivity index (χ4v) is 2.22. The molecular weight excluding hydrogens is 250 g/mol. The number of alkyl halides is 2. The molecule has 0 atom stereocenters. The van der Waals surface area contributed by atoms with Crippen LogP contribution in [-0.2, 0) is 11.2 Å². The van der Waals surface area contributed by atoms with Crippen LogP contribution in [-0.4, -0.2) is 17.0 Å². The first kappa shape index (κ1) is 12.0. The van der Waals surface area contributed by atoms with Crippen LogP contribution in [0.15, 0.2) is 24.3 Å². The van der Waals surface area contributed by atoms with Crippen molar-refractivity contribution in [3.05, 3.63) is 40.4 Å². The number of allylic oxidation sites excluding steroid dienone is 1. The van der Waals surface area contributed by atoms with E-state index >= 15 is 0 Å². The van der Waals surface area contributed by atoms with E-state index in [1.54, 1.807) is 6.07 Å². The number of fused-ring (bicyclic) bond motifs is 1. The molecule has 2 rings (SSSR count). The maximum Gasteiger partial charge on any atom is 0.379 e. The minimum absolute atomic E-state index is 0.233. The van der Waals surface area contributed by atoms with Gasteiger partial charge in [0.15, 0.2) is 0 Å². The van der Waals surface area contributed by atoms with Gasteiger partial charge in [-0.1, -0.05) is 29.8 Å². The molecule has 0 aliphatic heterocycles. The fraction of sp³-hybridized carbons (Fsp3) is 0.250. The molecule has 1 aliphatic carbocycles. The van der Waals surface area contributed by atoms with Crippen LogP contribution < -0.4 is 0 Å². The molecule has 90 valence electrons. The lowest BCUT2D eigenvalue weighted by Gasteiger charge is -2.23. The molecule has 0 aromatic heterocycles. The first-order valence-corrected chi connectivity index (χ1v) is 5.42. The molecule has 1 aromatic rings. The van der Waals surface area contributed by atoms with Crippen LogP contribution in [0.3, 0.4) is 0 Å². The Morgan fingerprint density at radius 1 is 1.41 bits per heavy atom. The Hall–Kier alpha value is -1.42. The van der Waals surface area contributed by atoms with Gasteiger partial charge in [0.2, 0.25) is 0 Å². The lowest BCUT2D eigenvalue weighted by Crippen LogP contribution is -2.31. The number of carboxylic acid groups (broad SMARTS) is 1. The number of carboxylic acids is 1. The van der Waals surface area contributed by atoms with Crippen LogP contribution in [0, 0.1) is 0 Å². The molecule has 1 N–H and O–H groups in total. The predicted molar refractivity (Wildman–Crippen MR) is 60.3 cm³/mol. The van der Waals surface area contributed by atoms with E-state index < -0.39 is 17.5 Å². The summed E-state index contributed by atoms with van der Waals surface area (Å²) < 4.78 is 27.1. The van der Waals surface area contributed by atoms with Gasteiger partial charge in [-0.2, -0.15) is 8.78 Å². The van der Waals surface area contributed by atoms with Crippen LogP contribution in [0.2, 0.25) is 5.02 Å². The molecule has 17 heavy (non-hydrogen) atoms. The lowest BCUT2D eigenvalue weighted by atomic mass is 9.87. The number of hydrogen-bond donors (Lipinski definition) is 1. The highest BCUT2D eigenvalue weighted by Gasteiger charge is 2.45. The summed E-state index contributed by atoms with van der Waals surface area (Å²) in [7, 11) is 0. The van der Waals surface area contributed by atoms with E-state index in [4.69, 9.17) is 16.7 Å². The second-order valence-electron chi connectivity index (χ2n) is 3.80. The zero-order valence-corrected chi connectivity index (χ0v) is 9.47. The van der Waals surface area contributed by atoms with Gasteiger partial charge in [-0.25, -0.2) is 4.79 Å². The number of aliphatic carboxylic acids is 1. The van der Waals surface area contributed by atoms with E-state index in [1.807, 2.05) is 0 Å². The highest BCUT2D eigenvalue weighted by atomic mass is 35.5. The Morgan fingerprint density at radius 3 is 2.76 bits per heavy atom. The van der Waals surface area contributed by atoms with Crippen molar-refractivity contribution >= 4 is 23.1 Å². The molecule has 0 saturated carbocycles. The van der Waals surface area contributed by atoms with Gasteiger partial charge < -0.3 is 5.11 Å². The molecule has 2 nitrogen and oxygen atoms in total. The van der Waals surface area contributed by atoms with Crippen molar-refractivity contribution in [2.75, 3.05) is 0 Å². The largest absolute Gasteiger partial charge is 0.477 e. The quantitative estimate of drug-likeness (QED) is 0.883. The number of hydrogen-bond acceptors (Lipinski definition) is 1. The monoisotopic (exact) mass is 258 g/mol. The van der Waals surface area contributed by atoms with E-state index in [1.165, 1.54) is 18.2 Å². The molecule has 0 saturated heterocycles. The van der Waals surface area contributed by atoms with Gasteiger partial charge in [0, 0.05) is 10.6 Å². The van der Waals surface area contributed by atoms with Crippen LogP contribution in [0.4, 0.5) is 8.78 Å². The highest BCUT2D eigenvalue weighted by Crippen LogP contribution is 2.40. The van der Waals surface area contributed by atoms with Crippen molar-refractivity contribution in [1.82, 2.24) is 0 Å². The maximum atomic E-state index is 13.5. The van der Waals surface area contributed by atoms with Gasteiger partial charge in [0.25, 0.3) is 0 Å². The third-order valence-electron chi connectivity index (χ3n) is 2.76. The Balaban J connectivity index is 2.57. The molecule has 1 aliphatic rings. The zero-order chi connectivity index (χ0) is 12.6. The van der Waals surface area contributed by atoms with Crippen LogP contribution in [0.25, 0.3) is 5.57 Å². The molecule has 1 aromatic carbocycles. The maximum absolute atomic E-state index is 13.5. The smallest absolute Gasteiger partial charge is 0.379 e. The van der Waals surface area contributed by atoms with E-state index in [0.29, 0.717) is 23.4 Å². The Morgan fingerprint density at radius 2 is 2.12 bits per heavy atom. The summed E-state index contributed by atoms with van der Waals surface area (Å²) in [6.45, 7) is 0. The van der Waals surface area contributed by atoms with E-state index in [2.05, 4.69) is 0 Å². The third kappa shape index (κ3) is 1.93. The second kappa shape index (κ2) is 4.11. The van der Waals surface area contributed by atoms with Crippen molar-refractivity contribution in [2.24, 2.45) is 0 Å². The molecule has 0 unspecified atom stereocenters. The summed E-state index contributed by atoms with van der Waals surface area (Å²) in [6.07, 6.45) is 2.19. The average molecular weight is 259 g/mol. The van der Waals surface area contributed by atoms with Gasteiger partial charge in [-0.05, 0) is 30.0 Å². The number of benzene rings is 1. The average Bonchev–Trinajstić information content (AvgIpc) is 2.28. The van der Waals surface area contributed by atoms with E-state index in [-0.39, 0.29) is 5.56 Å². The first-order chi connectivity index (χ1) is 7.94. The van der Waals surface area contributed by atoms with Crippen molar-refractivity contribution in [3.8, 4) is 0 Å². The molecule has 0 bridgehead atoms. The normalized spacial score (nSPS) is 15.1. The number of carbonyl (C=O) groups is 1. The van der Waals surface area contributed by atoms with Gasteiger partial charge >= 0.3 is 11.9 Å². The highest BCUT2D eigenvalue weighted by molar-refractivity contribution is 6.31. The lowest BCUT2D eigenvalue weighted by molar-refractivity contribution is -0.156. The molecule has 5 heteroatoms. The molecule has 0 heterocycles. The second-order valence-corrected chi connectivity index (χ2v) is 4.21. The first-order valence-electron chi connectivity index (χ1n) is 5.04. The topological polar surface area (TPSA) is 37.3 Å². The predicted octanol–water partition coefficient (Wildman–Crippen LogP) is 3.39. The summed E-state index contributed by atoms with van der Waals surface area (Å²) in [6, 6.07) is 4.63. The van der Waals surface area contributed by atoms with Gasteiger partial charge in [0.05, 0.1) is 0 Å².